The molecule has 0 fully saturated rings. The van der Waals surface area contributed by atoms with Crippen LogP contribution in [0.5, 0.6) is 0 Å². The van der Waals surface area contributed by atoms with Crippen molar-refractivity contribution in [3.8, 4) is 0 Å². The number of amides is 1. The number of para-hydroxylation sites is 1. The van der Waals surface area contributed by atoms with E-state index >= 15 is 0 Å². The van der Waals surface area contributed by atoms with Crippen molar-refractivity contribution in [1.82, 2.24) is 4.90 Å². The number of anilines is 1. The number of esters is 1. The second-order valence-electron chi connectivity index (χ2n) is 4.81. The van der Waals surface area contributed by atoms with Gasteiger partial charge in [0.1, 0.15) is 6.04 Å². The maximum atomic E-state index is 12.2. The van der Waals surface area contributed by atoms with Gasteiger partial charge in [0.2, 0.25) is 0 Å². The number of thioether (sulfide) groups is 1. The van der Waals surface area contributed by atoms with E-state index in [1.54, 1.807) is 36.7 Å². The van der Waals surface area contributed by atoms with Crippen LogP contribution in [0.2, 0.25) is 0 Å². The Hall–Kier alpha value is -1.95. The summed E-state index contributed by atoms with van der Waals surface area (Å²) in [5.41, 5.74) is 0.816. The van der Waals surface area contributed by atoms with Crippen LogP contribution >= 0.6 is 11.8 Å². The van der Waals surface area contributed by atoms with Gasteiger partial charge < -0.3 is 9.64 Å². The molecule has 6 heteroatoms. The molecule has 0 spiro atoms. The molecule has 2 atom stereocenters. The van der Waals surface area contributed by atoms with Crippen LogP contribution in [0.15, 0.2) is 41.4 Å². The van der Waals surface area contributed by atoms with Gasteiger partial charge in [-0.3, -0.25) is 9.69 Å². The van der Waals surface area contributed by atoms with Crippen molar-refractivity contribution < 1.29 is 14.3 Å². The first-order chi connectivity index (χ1) is 10.1. The molecule has 1 amide bonds. The third kappa shape index (κ3) is 2.29. The summed E-state index contributed by atoms with van der Waals surface area (Å²) in [6.45, 7) is 3.77. The first kappa shape index (κ1) is 14.0. The third-order valence-corrected chi connectivity index (χ3v) is 4.79. The molecule has 2 unspecified atom stereocenters. The SMILES string of the molecule is CCOC(=O)C(C)N1C(=O)C=CN2c3ccccc3SC21. The average molecular weight is 304 g/mol. The van der Waals surface area contributed by atoms with Crippen LogP contribution in [0.3, 0.4) is 0 Å². The van der Waals surface area contributed by atoms with Gasteiger partial charge >= 0.3 is 5.97 Å². The quantitative estimate of drug-likeness (QED) is 0.801. The Morgan fingerprint density at radius 2 is 2.19 bits per heavy atom. The highest BCUT2D eigenvalue weighted by molar-refractivity contribution is 8.00. The fourth-order valence-corrected chi connectivity index (χ4v) is 3.88. The zero-order valence-corrected chi connectivity index (χ0v) is 12.7. The number of benzene rings is 1. The molecule has 5 nitrogen and oxygen atoms in total. The molecule has 0 aromatic heterocycles. The number of carbonyl (C=O) groups excluding carboxylic acids is 2. The molecule has 2 heterocycles. The molecule has 0 radical (unpaired) electrons. The fourth-order valence-electron chi connectivity index (χ4n) is 2.50. The minimum Gasteiger partial charge on any atom is -0.464 e. The normalized spacial score (nSPS) is 21.0. The number of rotatable bonds is 3. The van der Waals surface area contributed by atoms with Gasteiger partial charge in [0.15, 0.2) is 5.50 Å². The van der Waals surface area contributed by atoms with Crippen molar-refractivity contribution in [3.63, 3.8) is 0 Å². The van der Waals surface area contributed by atoms with Crippen molar-refractivity contribution in [1.29, 1.82) is 0 Å². The van der Waals surface area contributed by atoms with E-state index in [2.05, 4.69) is 0 Å². The summed E-state index contributed by atoms with van der Waals surface area (Å²) in [5.74, 6) is -0.547. The minimum absolute atomic E-state index is 0.169. The number of fused-ring (bicyclic) bond motifs is 3. The van der Waals surface area contributed by atoms with Gasteiger partial charge in [0.05, 0.1) is 12.3 Å². The number of hydrogen-bond donors (Lipinski definition) is 0. The fraction of sp³-hybridized carbons (Fsp3) is 0.333. The van der Waals surface area contributed by atoms with Crippen LogP contribution in [-0.2, 0) is 14.3 Å². The van der Waals surface area contributed by atoms with Gasteiger partial charge in [-0.25, -0.2) is 4.79 Å². The summed E-state index contributed by atoms with van der Waals surface area (Å²) in [7, 11) is 0. The Morgan fingerprint density at radius 1 is 1.43 bits per heavy atom. The van der Waals surface area contributed by atoms with Crippen molar-refractivity contribution in [2.24, 2.45) is 0 Å². The minimum atomic E-state index is -0.614. The Kier molecular flexibility index (Phi) is 3.63. The maximum Gasteiger partial charge on any atom is 0.328 e. The zero-order chi connectivity index (χ0) is 15.0. The van der Waals surface area contributed by atoms with Gasteiger partial charge in [0.25, 0.3) is 5.91 Å². The molecular formula is C15H16N2O3S. The topological polar surface area (TPSA) is 49.9 Å². The number of carbonyl (C=O) groups is 2. The number of hydrogen-bond acceptors (Lipinski definition) is 5. The Labute approximate surface area is 127 Å². The lowest BCUT2D eigenvalue weighted by atomic mass is 10.2. The summed E-state index contributed by atoms with van der Waals surface area (Å²) in [6, 6.07) is 7.34. The van der Waals surface area contributed by atoms with Crippen LogP contribution in [0, 0.1) is 0 Å². The summed E-state index contributed by atoms with van der Waals surface area (Å²) < 4.78 is 5.05. The lowest BCUT2D eigenvalue weighted by Gasteiger charge is -2.38. The van der Waals surface area contributed by atoms with Crippen LogP contribution in [0.4, 0.5) is 5.69 Å². The molecule has 0 saturated heterocycles. The standard InChI is InChI=1S/C15H16N2O3S/c1-3-20-14(19)10(2)17-13(18)8-9-16-11-6-4-5-7-12(11)21-15(16)17/h4-10,15H,3H2,1-2H3. The molecule has 2 aliphatic heterocycles. The maximum absolute atomic E-state index is 12.2. The summed E-state index contributed by atoms with van der Waals surface area (Å²) in [4.78, 5) is 28.9. The third-order valence-electron chi connectivity index (χ3n) is 3.53. The Balaban J connectivity index is 1.91. The van der Waals surface area contributed by atoms with Crippen molar-refractivity contribution in [3.05, 3.63) is 36.5 Å². The molecule has 2 aliphatic rings. The molecular weight excluding hydrogens is 288 g/mol. The average Bonchev–Trinajstić information content (AvgIpc) is 2.85. The lowest BCUT2D eigenvalue weighted by Crippen LogP contribution is -2.54. The molecule has 1 aromatic carbocycles. The van der Waals surface area contributed by atoms with E-state index in [4.69, 9.17) is 4.74 Å². The zero-order valence-electron chi connectivity index (χ0n) is 11.9. The number of ether oxygens (including phenoxy) is 1. The highest BCUT2D eigenvalue weighted by Crippen LogP contribution is 2.46. The van der Waals surface area contributed by atoms with E-state index in [-0.39, 0.29) is 17.4 Å². The number of nitrogens with zero attached hydrogens (tertiary/aromatic N) is 2. The van der Waals surface area contributed by atoms with Gasteiger partial charge in [-0.2, -0.15) is 0 Å². The van der Waals surface area contributed by atoms with Crippen LogP contribution in [0.25, 0.3) is 0 Å². The lowest BCUT2D eigenvalue weighted by molar-refractivity contribution is -0.153. The molecule has 0 saturated carbocycles. The van der Waals surface area contributed by atoms with Crippen molar-refractivity contribution >= 4 is 29.3 Å². The van der Waals surface area contributed by atoms with Gasteiger partial charge in [-0.1, -0.05) is 23.9 Å². The summed E-state index contributed by atoms with van der Waals surface area (Å²) >= 11 is 1.57. The van der Waals surface area contributed by atoms with E-state index in [0.717, 1.165) is 10.6 Å². The van der Waals surface area contributed by atoms with E-state index in [1.165, 1.54) is 6.08 Å². The Bertz CT molecular complexity index is 617. The van der Waals surface area contributed by atoms with Gasteiger partial charge in [0, 0.05) is 17.2 Å². The monoisotopic (exact) mass is 304 g/mol. The largest absolute Gasteiger partial charge is 0.464 e. The van der Waals surface area contributed by atoms with E-state index < -0.39 is 6.04 Å². The van der Waals surface area contributed by atoms with E-state index in [0.29, 0.717) is 6.61 Å². The van der Waals surface area contributed by atoms with Crippen molar-refractivity contribution in [2.75, 3.05) is 11.5 Å². The second kappa shape index (κ2) is 5.44. The van der Waals surface area contributed by atoms with Crippen molar-refractivity contribution in [2.45, 2.75) is 30.3 Å². The van der Waals surface area contributed by atoms with Gasteiger partial charge in [-0.05, 0) is 26.0 Å². The summed E-state index contributed by atoms with van der Waals surface area (Å²) in [6.07, 6.45) is 3.27. The van der Waals surface area contributed by atoms with E-state index in [1.807, 2.05) is 29.2 Å². The second-order valence-corrected chi connectivity index (χ2v) is 5.91. The highest BCUT2D eigenvalue weighted by atomic mass is 32.2. The molecule has 0 aliphatic carbocycles. The first-order valence-corrected chi connectivity index (χ1v) is 7.72. The van der Waals surface area contributed by atoms with Gasteiger partial charge in [-0.15, -0.1) is 0 Å². The highest BCUT2D eigenvalue weighted by Gasteiger charge is 2.42. The predicted octanol–water partition coefficient (Wildman–Crippen LogP) is 2.19. The van der Waals surface area contributed by atoms with Crippen LogP contribution in [-0.4, -0.2) is 34.9 Å². The molecule has 21 heavy (non-hydrogen) atoms. The molecule has 3 rings (SSSR count). The molecule has 0 N–H and O–H groups in total. The summed E-state index contributed by atoms with van der Waals surface area (Å²) in [5, 5.41) is 0. The smallest absolute Gasteiger partial charge is 0.328 e. The predicted molar refractivity (Wildman–Crippen MR) is 80.6 cm³/mol. The first-order valence-electron chi connectivity index (χ1n) is 6.84. The van der Waals surface area contributed by atoms with E-state index in [9.17, 15) is 9.59 Å². The van der Waals surface area contributed by atoms with Crippen LogP contribution < -0.4 is 4.90 Å². The molecule has 0 bridgehead atoms. The molecule has 1 aromatic rings. The molecule has 110 valence electrons. The van der Waals surface area contributed by atoms with Crippen LogP contribution in [0.1, 0.15) is 13.8 Å². The Morgan fingerprint density at radius 3 is 2.95 bits per heavy atom.